The van der Waals surface area contributed by atoms with Crippen molar-refractivity contribution in [3.63, 3.8) is 0 Å². The van der Waals surface area contributed by atoms with Gasteiger partial charge in [0.2, 0.25) is 0 Å². The van der Waals surface area contributed by atoms with Gasteiger partial charge in [-0.2, -0.15) is 0 Å². The van der Waals surface area contributed by atoms with Crippen LogP contribution in [0.15, 0.2) is 24.3 Å². The molecule has 0 heterocycles. The van der Waals surface area contributed by atoms with Gasteiger partial charge in [-0.25, -0.2) is 0 Å². The molecule has 166 valence electrons. The first-order chi connectivity index (χ1) is 14.8. The topological polar surface area (TPSA) is 0 Å². The molecule has 0 aromatic heterocycles. The van der Waals surface area contributed by atoms with Crippen LogP contribution in [-0.4, -0.2) is 0 Å². The molecule has 0 amide bonds. The molecule has 0 N–H and O–H groups in total. The highest BCUT2D eigenvalue weighted by atomic mass is 14.3. The van der Waals surface area contributed by atoms with Crippen molar-refractivity contribution in [3.05, 3.63) is 35.4 Å². The summed E-state index contributed by atoms with van der Waals surface area (Å²) in [7, 11) is 0. The Balaban J connectivity index is 1.37. The number of aryl methyl sites for hydroxylation is 1. The molecular weight excluding hydrogens is 360 g/mol. The zero-order chi connectivity index (χ0) is 21.0. The summed E-state index contributed by atoms with van der Waals surface area (Å²) in [6, 6.07) is 9.07. The van der Waals surface area contributed by atoms with E-state index >= 15 is 0 Å². The van der Waals surface area contributed by atoms with E-state index in [1.807, 2.05) is 0 Å². The second-order valence-electron chi connectivity index (χ2n) is 10.3. The van der Waals surface area contributed by atoms with E-state index < -0.39 is 0 Å². The number of benzene rings is 1. The molecule has 0 heteroatoms. The van der Waals surface area contributed by atoms with Crippen molar-refractivity contribution in [2.75, 3.05) is 0 Å². The maximum Gasteiger partial charge on any atom is 0.0245 e. The molecule has 0 radical (unpaired) electrons. The third-order valence-corrected chi connectivity index (χ3v) is 7.99. The minimum atomic E-state index is 0.635. The molecule has 1 aromatic rings. The Morgan fingerprint density at radius 3 is 1.97 bits per heavy atom. The Bertz CT molecular complexity index is 627. The highest BCUT2D eigenvalue weighted by molar-refractivity contribution is 5.36. The Hall–Kier alpha value is -1.22. The van der Waals surface area contributed by atoms with Crippen LogP contribution in [-0.2, 0) is 6.42 Å². The molecular formula is C30H46. The average Bonchev–Trinajstić information content (AvgIpc) is 2.81. The monoisotopic (exact) mass is 406 g/mol. The Morgan fingerprint density at radius 1 is 0.700 bits per heavy atom. The minimum absolute atomic E-state index is 0.635. The lowest BCUT2D eigenvalue weighted by Crippen LogP contribution is -2.25. The van der Waals surface area contributed by atoms with Crippen LogP contribution in [0.4, 0.5) is 0 Å². The average molecular weight is 407 g/mol. The molecule has 0 saturated heterocycles. The van der Waals surface area contributed by atoms with Crippen LogP contribution in [0.1, 0.15) is 121 Å². The van der Waals surface area contributed by atoms with Crippen LogP contribution < -0.4 is 0 Å². The summed E-state index contributed by atoms with van der Waals surface area (Å²) < 4.78 is 0. The normalized spacial score (nSPS) is 26.7. The van der Waals surface area contributed by atoms with E-state index in [0.29, 0.717) is 5.92 Å². The van der Waals surface area contributed by atoms with Gasteiger partial charge in [-0.1, -0.05) is 89.2 Å². The van der Waals surface area contributed by atoms with E-state index in [4.69, 9.17) is 0 Å². The summed E-state index contributed by atoms with van der Waals surface area (Å²) in [6.07, 6.45) is 22.5. The zero-order valence-corrected chi connectivity index (χ0v) is 19.9. The van der Waals surface area contributed by atoms with Crippen LogP contribution in [0.25, 0.3) is 0 Å². The fourth-order valence-electron chi connectivity index (χ4n) is 5.87. The smallest absolute Gasteiger partial charge is 0.0245 e. The largest absolute Gasteiger partial charge is 0.0945 e. The predicted molar refractivity (Wildman–Crippen MR) is 132 cm³/mol. The first kappa shape index (κ1) is 23.4. The standard InChI is InChI=1S/C30H46/c1-3-5-7-8-10-26-11-13-27(14-12-26)15-16-28-19-23-30(24-20-28)29-21-17-25(18-22-29)9-6-4-2/h11-14,25,28-30H,3-10,17-24H2,1-2H3/t25-,28-,29-,30-. The second-order valence-corrected chi connectivity index (χ2v) is 10.3. The van der Waals surface area contributed by atoms with Gasteiger partial charge in [-0.15, -0.1) is 0 Å². The van der Waals surface area contributed by atoms with Crippen molar-refractivity contribution in [2.24, 2.45) is 23.7 Å². The van der Waals surface area contributed by atoms with Gasteiger partial charge >= 0.3 is 0 Å². The third kappa shape index (κ3) is 7.80. The van der Waals surface area contributed by atoms with Crippen LogP contribution in [0.3, 0.4) is 0 Å². The van der Waals surface area contributed by atoms with E-state index in [0.717, 1.165) is 17.8 Å². The van der Waals surface area contributed by atoms with Crippen LogP contribution in [0.5, 0.6) is 0 Å². The maximum atomic E-state index is 3.62. The van der Waals surface area contributed by atoms with E-state index in [2.05, 4.69) is 50.0 Å². The SMILES string of the molecule is CCCCCCc1ccc(C#C[C@H]2CC[C@H]([C@H]3CC[C@H](CCCC)CC3)CC2)cc1. The lowest BCUT2D eigenvalue weighted by atomic mass is 9.69. The van der Waals surface area contributed by atoms with Crippen molar-refractivity contribution >= 4 is 0 Å². The summed E-state index contributed by atoms with van der Waals surface area (Å²) in [5, 5.41) is 0. The molecule has 0 bridgehead atoms. The zero-order valence-electron chi connectivity index (χ0n) is 19.9. The number of unbranched alkanes of at least 4 members (excludes halogenated alkanes) is 4. The first-order valence-corrected chi connectivity index (χ1v) is 13.4. The van der Waals surface area contributed by atoms with E-state index in [1.54, 1.807) is 0 Å². The lowest BCUT2D eigenvalue weighted by molar-refractivity contribution is 0.153. The van der Waals surface area contributed by atoms with Crippen molar-refractivity contribution in [1.29, 1.82) is 0 Å². The van der Waals surface area contributed by atoms with Gasteiger partial charge in [0, 0.05) is 11.5 Å². The number of rotatable bonds is 9. The quantitative estimate of drug-likeness (QED) is 0.283. The molecule has 2 saturated carbocycles. The molecule has 0 spiro atoms. The highest BCUT2D eigenvalue weighted by Crippen LogP contribution is 2.42. The van der Waals surface area contributed by atoms with Crippen LogP contribution >= 0.6 is 0 Å². The van der Waals surface area contributed by atoms with Crippen molar-refractivity contribution < 1.29 is 0 Å². The van der Waals surface area contributed by atoms with Crippen molar-refractivity contribution in [3.8, 4) is 11.8 Å². The van der Waals surface area contributed by atoms with Crippen molar-refractivity contribution in [2.45, 2.75) is 117 Å². The summed E-state index contributed by atoms with van der Waals surface area (Å²) in [4.78, 5) is 0. The van der Waals surface area contributed by atoms with Gasteiger partial charge < -0.3 is 0 Å². The fourth-order valence-corrected chi connectivity index (χ4v) is 5.87. The Morgan fingerprint density at radius 2 is 1.33 bits per heavy atom. The van der Waals surface area contributed by atoms with Gasteiger partial charge in [0.05, 0.1) is 0 Å². The van der Waals surface area contributed by atoms with Gasteiger partial charge in [-0.3, -0.25) is 0 Å². The minimum Gasteiger partial charge on any atom is -0.0945 e. The van der Waals surface area contributed by atoms with Gasteiger partial charge in [-0.05, 0) is 86.8 Å². The second kappa shape index (κ2) is 13.2. The molecule has 0 aliphatic heterocycles. The predicted octanol–water partition coefficient (Wildman–Crippen LogP) is 8.96. The molecule has 2 fully saturated rings. The fraction of sp³-hybridized carbons (Fsp3) is 0.733. The highest BCUT2D eigenvalue weighted by Gasteiger charge is 2.30. The Kier molecular flexibility index (Phi) is 10.4. The molecule has 0 unspecified atom stereocenters. The van der Waals surface area contributed by atoms with Gasteiger partial charge in [0.25, 0.3) is 0 Å². The van der Waals surface area contributed by atoms with Crippen LogP contribution in [0.2, 0.25) is 0 Å². The maximum absolute atomic E-state index is 3.62. The molecule has 2 aliphatic carbocycles. The summed E-state index contributed by atoms with van der Waals surface area (Å²) in [6.45, 7) is 4.61. The van der Waals surface area contributed by atoms with Crippen LogP contribution in [0, 0.1) is 35.5 Å². The van der Waals surface area contributed by atoms with E-state index in [9.17, 15) is 0 Å². The molecule has 30 heavy (non-hydrogen) atoms. The van der Waals surface area contributed by atoms with E-state index in [1.165, 1.54) is 114 Å². The number of hydrogen-bond acceptors (Lipinski definition) is 0. The number of hydrogen-bond donors (Lipinski definition) is 0. The molecule has 0 nitrogen and oxygen atoms in total. The molecule has 2 aliphatic rings. The van der Waals surface area contributed by atoms with E-state index in [-0.39, 0.29) is 0 Å². The summed E-state index contributed by atoms with van der Waals surface area (Å²) in [5.74, 6) is 10.8. The summed E-state index contributed by atoms with van der Waals surface area (Å²) in [5.41, 5.74) is 2.68. The molecule has 0 atom stereocenters. The summed E-state index contributed by atoms with van der Waals surface area (Å²) >= 11 is 0. The van der Waals surface area contributed by atoms with Gasteiger partial charge in [0.15, 0.2) is 0 Å². The Labute approximate surface area is 187 Å². The van der Waals surface area contributed by atoms with Gasteiger partial charge in [0.1, 0.15) is 0 Å². The van der Waals surface area contributed by atoms with Crippen molar-refractivity contribution in [1.82, 2.24) is 0 Å². The molecule has 1 aromatic carbocycles. The first-order valence-electron chi connectivity index (χ1n) is 13.4. The molecule has 3 rings (SSSR count). The lowest BCUT2D eigenvalue weighted by Gasteiger charge is -2.37. The third-order valence-electron chi connectivity index (χ3n) is 7.99.